The van der Waals surface area contributed by atoms with Crippen molar-refractivity contribution in [3.05, 3.63) is 133 Å². The first kappa shape index (κ1) is 23.0. The summed E-state index contributed by atoms with van der Waals surface area (Å²) >= 11 is -2.26. The molecule has 5 aromatic rings. The molecule has 0 fully saturated rings. The predicted molar refractivity (Wildman–Crippen MR) is 131 cm³/mol. The van der Waals surface area contributed by atoms with E-state index in [1.165, 1.54) is 21.1 Å². The molecular weight excluding hydrogens is 503 g/mol. The Morgan fingerprint density at radius 2 is 1.10 bits per heavy atom. The monoisotopic (exact) mass is 522 g/mol. The third kappa shape index (κ3) is 7.22. The molecule has 150 valence electrons. The molecule has 5 rings (SSSR count). The van der Waals surface area contributed by atoms with Crippen LogP contribution >= 0.6 is 17.0 Å². The van der Waals surface area contributed by atoms with Crippen LogP contribution in [-0.2, 0) is 18.0 Å². The Bertz CT molecular complexity index is 1050. The third-order valence-corrected chi connectivity index (χ3v) is 20.4. The largest absolute Gasteiger partial charge is 0.214 e. The SMILES string of the molecule is [Cl][Zr]([Cl])=[Si](c1ccccc1)c1ccccc1.c1cc[cH-]c1.c1ccc2[cH-]ccc2c1. The Morgan fingerprint density at radius 3 is 1.57 bits per heavy atom. The molecule has 0 aliphatic rings. The van der Waals surface area contributed by atoms with Crippen LogP contribution in [0.1, 0.15) is 0 Å². The van der Waals surface area contributed by atoms with Crippen LogP contribution in [0.4, 0.5) is 0 Å². The van der Waals surface area contributed by atoms with Gasteiger partial charge in [-0.15, -0.1) is 29.7 Å². The van der Waals surface area contributed by atoms with Gasteiger partial charge in [-0.2, -0.15) is 35.7 Å². The van der Waals surface area contributed by atoms with Crippen molar-refractivity contribution in [3.8, 4) is 0 Å². The fourth-order valence-corrected chi connectivity index (χ4v) is 18.2. The van der Waals surface area contributed by atoms with Gasteiger partial charge in [0.2, 0.25) is 0 Å². The summed E-state index contributed by atoms with van der Waals surface area (Å²) in [5.41, 5.74) is -0.889. The van der Waals surface area contributed by atoms with Gasteiger partial charge in [-0.3, -0.25) is 0 Å². The van der Waals surface area contributed by atoms with E-state index in [0.29, 0.717) is 0 Å². The quantitative estimate of drug-likeness (QED) is 0.178. The van der Waals surface area contributed by atoms with Crippen LogP contribution in [0.25, 0.3) is 10.8 Å². The van der Waals surface area contributed by atoms with Crippen molar-refractivity contribution in [2.45, 2.75) is 0 Å². The predicted octanol–water partition coefficient (Wildman–Crippen LogP) is 6.68. The second-order valence-corrected chi connectivity index (χ2v) is 25.7. The minimum Gasteiger partial charge on any atom is -0.214 e. The fraction of sp³-hybridized carbons (Fsp3) is 0. The summed E-state index contributed by atoms with van der Waals surface area (Å²) in [7, 11) is 12.6. The van der Waals surface area contributed by atoms with Crippen molar-refractivity contribution >= 4 is 43.6 Å². The Kier molecular flexibility index (Phi) is 9.86. The average Bonchev–Trinajstić information content (AvgIpc) is 3.51. The second-order valence-electron chi connectivity index (χ2n) is 6.48. The van der Waals surface area contributed by atoms with Gasteiger partial charge < -0.3 is 0 Å². The fourth-order valence-electron chi connectivity index (χ4n) is 2.99. The molecule has 0 unspecified atom stereocenters. The van der Waals surface area contributed by atoms with Crippen LogP contribution < -0.4 is 10.4 Å². The Balaban J connectivity index is 0.000000151. The zero-order valence-electron chi connectivity index (χ0n) is 16.5. The number of hydrogen-bond acceptors (Lipinski definition) is 0. The molecule has 0 saturated carbocycles. The molecule has 4 heteroatoms. The Labute approximate surface area is 193 Å². The molecule has 0 amide bonds. The number of rotatable bonds is 2. The van der Waals surface area contributed by atoms with E-state index < -0.39 is 23.4 Å². The number of benzene rings is 3. The molecule has 0 atom stereocenters. The van der Waals surface area contributed by atoms with Crippen molar-refractivity contribution < 1.29 is 18.0 Å². The maximum absolute atomic E-state index is 6.32. The molecule has 0 heterocycles. The van der Waals surface area contributed by atoms with Crippen molar-refractivity contribution in [2.24, 2.45) is 0 Å². The van der Waals surface area contributed by atoms with Gasteiger partial charge in [-0.1, -0.05) is 6.07 Å². The normalized spacial score (nSPS) is 9.67. The summed E-state index contributed by atoms with van der Waals surface area (Å²) in [4.78, 5) is 0. The number of hydrogen-bond donors (Lipinski definition) is 0. The summed E-state index contributed by atoms with van der Waals surface area (Å²) in [5, 5.41) is 5.33. The minimum atomic E-state index is -2.26. The number of halogens is 2. The maximum atomic E-state index is 6.32. The Morgan fingerprint density at radius 1 is 0.567 bits per heavy atom. The van der Waals surface area contributed by atoms with E-state index in [4.69, 9.17) is 17.0 Å². The molecule has 0 nitrogen and oxygen atoms in total. The zero-order chi connectivity index (χ0) is 21.0. The first-order valence-corrected chi connectivity index (χ1v) is 21.2. The summed E-state index contributed by atoms with van der Waals surface area (Å²) in [6, 6.07) is 45.5. The van der Waals surface area contributed by atoms with Crippen molar-refractivity contribution in [1.82, 2.24) is 0 Å². The van der Waals surface area contributed by atoms with Crippen LogP contribution in [0.2, 0.25) is 0 Å². The van der Waals surface area contributed by atoms with Crippen LogP contribution in [0, 0.1) is 0 Å². The summed E-state index contributed by atoms with van der Waals surface area (Å²) < 4.78 is 0. The minimum absolute atomic E-state index is 0.889. The molecule has 5 aromatic carbocycles. The topological polar surface area (TPSA) is 0 Å². The van der Waals surface area contributed by atoms with Gasteiger partial charge in [0.25, 0.3) is 0 Å². The van der Waals surface area contributed by atoms with E-state index in [0.717, 1.165) is 0 Å². The second kappa shape index (κ2) is 12.9. The molecule has 0 aliphatic carbocycles. The molecule has 0 aromatic heterocycles. The molecule has 0 radical (unpaired) electrons. The molecule has 0 aliphatic heterocycles. The third-order valence-electron chi connectivity index (χ3n) is 4.42. The van der Waals surface area contributed by atoms with Crippen LogP contribution in [0.15, 0.2) is 133 Å². The van der Waals surface area contributed by atoms with Crippen LogP contribution in [0.5, 0.6) is 0 Å². The van der Waals surface area contributed by atoms with Gasteiger partial charge >= 0.3 is 111 Å². The standard InChI is InChI=1S/C12H10Si.C9H7.C5H5.2ClH.Zr/c1-3-7-11(8-4-1)13-12-9-5-2-6-10-12;1-2-5-9-7-3-6-8(9)4-1;1-2-4-5-3-1;;;/h1-10H;1-7H;1-5H;2*1H;/q;2*-1;;;+2/p-2. The van der Waals surface area contributed by atoms with Crippen LogP contribution in [-0.4, -0.2) is 5.43 Å². The van der Waals surface area contributed by atoms with Gasteiger partial charge in [0, 0.05) is 0 Å². The summed E-state index contributed by atoms with van der Waals surface area (Å²) in [5.74, 6) is 0. The molecule has 0 saturated heterocycles. The van der Waals surface area contributed by atoms with E-state index in [1.807, 2.05) is 42.5 Å². The van der Waals surface area contributed by atoms with E-state index in [2.05, 4.69) is 91.0 Å². The molecular formula is C26H22Cl2SiZr-2. The van der Waals surface area contributed by atoms with Crippen molar-refractivity contribution in [2.75, 3.05) is 0 Å². The Hall–Kier alpha value is -1.70. The summed E-state index contributed by atoms with van der Waals surface area (Å²) in [6.07, 6.45) is 0. The van der Waals surface area contributed by atoms with Crippen molar-refractivity contribution in [1.29, 1.82) is 0 Å². The molecule has 0 N–H and O–H groups in total. The van der Waals surface area contributed by atoms with E-state index in [1.54, 1.807) is 0 Å². The first-order chi connectivity index (χ1) is 14.8. The summed E-state index contributed by atoms with van der Waals surface area (Å²) in [6.45, 7) is 0. The van der Waals surface area contributed by atoms with Gasteiger partial charge in [-0.05, 0) is 0 Å². The van der Waals surface area contributed by atoms with Gasteiger partial charge in [0.1, 0.15) is 0 Å². The van der Waals surface area contributed by atoms with E-state index >= 15 is 0 Å². The first-order valence-electron chi connectivity index (χ1n) is 9.69. The van der Waals surface area contributed by atoms with E-state index in [-0.39, 0.29) is 0 Å². The van der Waals surface area contributed by atoms with E-state index in [9.17, 15) is 0 Å². The van der Waals surface area contributed by atoms with Crippen LogP contribution in [0.3, 0.4) is 0 Å². The van der Waals surface area contributed by atoms with Gasteiger partial charge in [-0.25, -0.2) is 12.1 Å². The maximum Gasteiger partial charge on any atom is -0.0809 e. The molecule has 0 spiro atoms. The van der Waals surface area contributed by atoms with Crippen molar-refractivity contribution in [3.63, 3.8) is 0 Å². The van der Waals surface area contributed by atoms with Gasteiger partial charge in [0.15, 0.2) is 0 Å². The zero-order valence-corrected chi connectivity index (χ0v) is 21.4. The molecule has 0 bridgehead atoms. The molecule has 30 heavy (non-hydrogen) atoms. The number of fused-ring (bicyclic) bond motifs is 1. The van der Waals surface area contributed by atoms with Gasteiger partial charge in [0.05, 0.1) is 0 Å². The smallest absolute Gasteiger partial charge is 0.0809 e. The average molecular weight is 525 g/mol.